The Hall–Kier alpha value is -1.55. The van der Waals surface area contributed by atoms with Crippen LogP contribution < -0.4 is 0 Å². The van der Waals surface area contributed by atoms with Gasteiger partial charge < -0.3 is 10.0 Å². The van der Waals surface area contributed by atoms with Crippen molar-refractivity contribution in [3.63, 3.8) is 0 Å². The zero-order valence-corrected chi connectivity index (χ0v) is 10.6. The van der Waals surface area contributed by atoms with E-state index in [-0.39, 0.29) is 30.8 Å². The van der Waals surface area contributed by atoms with Crippen molar-refractivity contribution in [2.45, 2.75) is 25.3 Å². The Balaban J connectivity index is 2.76. The van der Waals surface area contributed by atoms with Gasteiger partial charge in [-0.05, 0) is 6.42 Å². The van der Waals surface area contributed by atoms with Gasteiger partial charge in [0.05, 0.1) is 11.5 Å². The normalized spacial score (nSPS) is 21.2. The molecule has 1 amide bonds. The van der Waals surface area contributed by atoms with Gasteiger partial charge in [0.2, 0.25) is 5.91 Å². The topological polar surface area (TPSA) is 91.8 Å². The third-order valence-electron chi connectivity index (χ3n) is 2.76. The molecule has 7 heteroatoms. The summed E-state index contributed by atoms with van der Waals surface area (Å²) in [6, 6.07) is -0.545. The number of hydrogen-bond acceptors (Lipinski definition) is 4. The molecule has 1 heterocycles. The first kappa shape index (κ1) is 14.5. The molecular formula is C11H15NO5S. The van der Waals surface area contributed by atoms with Crippen LogP contribution in [0.1, 0.15) is 19.3 Å². The van der Waals surface area contributed by atoms with Crippen LogP contribution in [0.25, 0.3) is 0 Å². The highest BCUT2D eigenvalue weighted by Crippen LogP contribution is 2.18. The number of carbonyl (C=O) groups excluding carboxylic acids is 1. The average Bonchev–Trinajstić information content (AvgIpc) is 2.63. The van der Waals surface area contributed by atoms with E-state index >= 15 is 0 Å². The third kappa shape index (κ3) is 4.04. The molecule has 1 unspecified atom stereocenters. The third-order valence-corrected chi connectivity index (χ3v) is 4.51. The van der Waals surface area contributed by atoms with E-state index in [1.807, 2.05) is 0 Å². The van der Waals surface area contributed by atoms with E-state index < -0.39 is 34.3 Å². The highest BCUT2D eigenvalue weighted by molar-refractivity contribution is 7.91. The molecule has 0 aromatic rings. The van der Waals surface area contributed by atoms with Gasteiger partial charge in [0.15, 0.2) is 9.84 Å². The van der Waals surface area contributed by atoms with Gasteiger partial charge in [-0.3, -0.25) is 9.59 Å². The average molecular weight is 273 g/mol. The first-order valence-electron chi connectivity index (χ1n) is 5.51. The monoisotopic (exact) mass is 273 g/mol. The van der Waals surface area contributed by atoms with Crippen molar-refractivity contribution in [3.05, 3.63) is 0 Å². The van der Waals surface area contributed by atoms with E-state index in [0.717, 1.165) is 4.90 Å². The summed E-state index contributed by atoms with van der Waals surface area (Å²) < 4.78 is 22.7. The minimum absolute atomic E-state index is 0.00377. The van der Waals surface area contributed by atoms with E-state index in [9.17, 15) is 18.0 Å². The lowest BCUT2D eigenvalue weighted by molar-refractivity contribution is -0.145. The predicted molar refractivity (Wildman–Crippen MR) is 64.5 cm³/mol. The number of terminal acetylenes is 1. The van der Waals surface area contributed by atoms with Gasteiger partial charge in [0.1, 0.15) is 6.54 Å². The number of aliphatic carboxylic acids is 1. The smallest absolute Gasteiger partial charge is 0.323 e. The lowest BCUT2D eigenvalue weighted by atomic mass is 10.2. The second-order valence-corrected chi connectivity index (χ2v) is 6.41. The van der Waals surface area contributed by atoms with Crippen LogP contribution in [0, 0.1) is 12.3 Å². The summed E-state index contributed by atoms with van der Waals surface area (Å²) in [5.74, 6) is 0.568. The zero-order valence-electron chi connectivity index (χ0n) is 9.83. The first-order valence-corrected chi connectivity index (χ1v) is 7.33. The number of sulfone groups is 1. The van der Waals surface area contributed by atoms with Crippen LogP contribution >= 0.6 is 0 Å². The number of hydrogen-bond donors (Lipinski definition) is 1. The lowest BCUT2D eigenvalue weighted by Gasteiger charge is -2.26. The number of carboxylic acids is 1. The van der Waals surface area contributed by atoms with Crippen molar-refractivity contribution in [2.75, 3.05) is 18.1 Å². The Bertz CT molecular complexity index is 476. The van der Waals surface area contributed by atoms with Crippen molar-refractivity contribution in [1.29, 1.82) is 0 Å². The number of rotatable bonds is 5. The Kier molecular flexibility index (Phi) is 4.73. The van der Waals surface area contributed by atoms with Crippen molar-refractivity contribution >= 4 is 21.7 Å². The molecule has 0 aromatic heterocycles. The van der Waals surface area contributed by atoms with E-state index in [4.69, 9.17) is 11.5 Å². The second kappa shape index (κ2) is 5.87. The fourth-order valence-corrected chi connectivity index (χ4v) is 3.64. The summed E-state index contributed by atoms with van der Waals surface area (Å²) in [7, 11) is -3.16. The first-order chi connectivity index (χ1) is 8.35. The molecule has 1 aliphatic heterocycles. The summed E-state index contributed by atoms with van der Waals surface area (Å²) in [4.78, 5) is 23.6. The SMILES string of the molecule is C#CCCC(=O)N(CC(=O)O)C1CCS(=O)(=O)C1. The molecule has 1 fully saturated rings. The molecule has 0 aliphatic carbocycles. The maximum atomic E-state index is 11.8. The summed E-state index contributed by atoms with van der Waals surface area (Å²) in [5.41, 5.74) is 0. The largest absolute Gasteiger partial charge is 0.480 e. The molecule has 0 spiro atoms. The van der Waals surface area contributed by atoms with Crippen molar-refractivity contribution in [1.82, 2.24) is 4.90 Å². The fourth-order valence-electron chi connectivity index (χ4n) is 1.91. The van der Waals surface area contributed by atoms with Crippen LogP contribution in [-0.2, 0) is 19.4 Å². The number of carbonyl (C=O) groups is 2. The Morgan fingerprint density at radius 2 is 2.11 bits per heavy atom. The van der Waals surface area contributed by atoms with Crippen LogP contribution in [0.5, 0.6) is 0 Å². The van der Waals surface area contributed by atoms with E-state index in [1.165, 1.54) is 0 Å². The van der Waals surface area contributed by atoms with Gasteiger partial charge in [-0.2, -0.15) is 0 Å². The molecule has 18 heavy (non-hydrogen) atoms. The van der Waals surface area contributed by atoms with Gasteiger partial charge in [0, 0.05) is 18.9 Å². The summed E-state index contributed by atoms with van der Waals surface area (Å²) in [6.45, 7) is -0.483. The van der Waals surface area contributed by atoms with Crippen molar-refractivity contribution in [3.8, 4) is 12.3 Å². The van der Waals surface area contributed by atoms with Crippen molar-refractivity contribution in [2.24, 2.45) is 0 Å². The lowest BCUT2D eigenvalue weighted by Crippen LogP contribution is -2.44. The number of carboxylic acid groups (broad SMARTS) is 1. The predicted octanol–water partition coefficient (Wildman–Crippen LogP) is -0.500. The van der Waals surface area contributed by atoms with Crippen LogP contribution in [0.4, 0.5) is 0 Å². The van der Waals surface area contributed by atoms with Gasteiger partial charge >= 0.3 is 5.97 Å². The minimum atomic E-state index is -3.16. The Labute approximate surface area is 106 Å². The van der Waals surface area contributed by atoms with Crippen LogP contribution in [0.2, 0.25) is 0 Å². The summed E-state index contributed by atoms with van der Waals surface area (Å²) in [5, 5.41) is 8.76. The molecule has 100 valence electrons. The molecule has 1 saturated heterocycles. The van der Waals surface area contributed by atoms with Gasteiger partial charge in [-0.15, -0.1) is 12.3 Å². The minimum Gasteiger partial charge on any atom is -0.480 e. The van der Waals surface area contributed by atoms with E-state index in [1.54, 1.807) is 0 Å². The highest BCUT2D eigenvalue weighted by Gasteiger charge is 2.35. The molecule has 0 bridgehead atoms. The summed E-state index contributed by atoms with van der Waals surface area (Å²) >= 11 is 0. The van der Waals surface area contributed by atoms with E-state index in [2.05, 4.69) is 5.92 Å². The quantitative estimate of drug-likeness (QED) is 0.682. The van der Waals surface area contributed by atoms with E-state index in [0.29, 0.717) is 0 Å². The molecule has 1 aliphatic rings. The molecule has 0 saturated carbocycles. The molecule has 6 nitrogen and oxygen atoms in total. The van der Waals surface area contributed by atoms with Crippen LogP contribution in [-0.4, -0.2) is 54.4 Å². The molecule has 1 rings (SSSR count). The highest BCUT2D eigenvalue weighted by atomic mass is 32.2. The molecule has 1 atom stereocenters. The van der Waals surface area contributed by atoms with Crippen molar-refractivity contribution < 1.29 is 23.1 Å². The number of amides is 1. The Morgan fingerprint density at radius 3 is 2.56 bits per heavy atom. The molecule has 0 radical (unpaired) electrons. The van der Waals surface area contributed by atoms with Crippen LogP contribution in [0.15, 0.2) is 0 Å². The maximum Gasteiger partial charge on any atom is 0.323 e. The molecular weight excluding hydrogens is 258 g/mol. The van der Waals surface area contributed by atoms with Gasteiger partial charge in [-0.25, -0.2) is 8.42 Å². The van der Waals surface area contributed by atoms with Crippen LogP contribution in [0.3, 0.4) is 0 Å². The van der Waals surface area contributed by atoms with Gasteiger partial charge in [-0.1, -0.05) is 0 Å². The van der Waals surface area contributed by atoms with Gasteiger partial charge in [0.25, 0.3) is 0 Å². The standard InChI is InChI=1S/C11H15NO5S/c1-2-3-4-10(13)12(7-11(14)15)9-5-6-18(16,17)8-9/h1,9H,3-8H2,(H,14,15). The summed E-state index contributed by atoms with van der Waals surface area (Å²) in [6.07, 6.45) is 5.59. The fraction of sp³-hybridized carbons (Fsp3) is 0.636. The number of nitrogens with zero attached hydrogens (tertiary/aromatic N) is 1. The Morgan fingerprint density at radius 1 is 1.44 bits per heavy atom. The zero-order chi connectivity index (χ0) is 13.8. The molecule has 1 N–H and O–H groups in total. The molecule has 0 aromatic carbocycles. The maximum absolute atomic E-state index is 11.8. The second-order valence-electron chi connectivity index (χ2n) is 4.18.